The number of hydrazine groups is 1. The highest BCUT2D eigenvalue weighted by Crippen LogP contribution is 2.37. The van der Waals surface area contributed by atoms with Gasteiger partial charge in [0.25, 0.3) is 11.5 Å². The first-order valence-corrected chi connectivity index (χ1v) is 10.0. The van der Waals surface area contributed by atoms with Crippen LogP contribution in [-0.4, -0.2) is 27.7 Å². The summed E-state index contributed by atoms with van der Waals surface area (Å²) in [6.45, 7) is 4.34. The molecule has 2 N–H and O–H groups in total. The molecule has 0 bridgehead atoms. The molecular weight excluding hydrogens is 392 g/mol. The molecule has 1 aliphatic rings. The molecule has 0 saturated heterocycles. The van der Waals surface area contributed by atoms with Crippen molar-refractivity contribution < 1.29 is 14.3 Å². The van der Waals surface area contributed by atoms with Crippen LogP contribution < -0.4 is 21.1 Å². The Morgan fingerprint density at radius 3 is 2.86 bits per heavy atom. The van der Waals surface area contributed by atoms with Gasteiger partial charge in [-0.25, -0.2) is 4.98 Å². The lowest BCUT2D eigenvalue weighted by atomic mass is 9.94. The molecule has 29 heavy (non-hydrogen) atoms. The SMILES string of the molecule is Cn1c(NNC(=O)COc2ccccc2)nc2sc3c(c2c1=O)CC(C)(C)OC3. The zero-order chi connectivity index (χ0) is 20.6. The van der Waals surface area contributed by atoms with Crippen molar-refractivity contribution in [3.05, 3.63) is 51.1 Å². The molecule has 2 aromatic heterocycles. The van der Waals surface area contributed by atoms with E-state index in [1.54, 1.807) is 19.2 Å². The Balaban J connectivity index is 1.51. The maximum absolute atomic E-state index is 13.0. The molecule has 0 atom stereocenters. The van der Waals surface area contributed by atoms with E-state index in [-0.39, 0.29) is 29.6 Å². The van der Waals surface area contributed by atoms with Crippen LogP contribution in [0.2, 0.25) is 0 Å². The molecule has 8 nitrogen and oxygen atoms in total. The van der Waals surface area contributed by atoms with Gasteiger partial charge in [0.05, 0.1) is 17.6 Å². The lowest BCUT2D eigenvalue weighted by Gasteiger charge is -2.29. The van der Waals surface area contributed by atoms with Crippen LogP contribution >= 0.6 is 11.3 Å². The molecule has 0 aliphatic carbocycles. The van der Waals surface area contributed by atoms with E-state index in [1.165, 1.54) is 15.9 Å². The number of hydrogen-bond donors (Lipinski definition) is 2. The van der Waals surface area contributed by atoms with Gasteiger partial charge in [-0.2, -0.15) is 0 Å². The van der Waals surface area contributed by atoms with Crippen LogP contribution in [0.4, 0.5) is 5.95 Å². The summed E-state index contributed by atoms with van der Waals surface area (Å²) in [7, 11) is 1.62. The Morgan fingerprint density at radius 2 is 2.10 bits per heavy atom. The van der Waals surface area contributed by atoms with E-state index >= 15 is 0 Å². The predicted octanol–water partition coefficient (Wildman–Crippen LogP) is 2.37. The van der Waals surface area contributed by atoms with Crippen LogP contribution in [-0.2, 0) is 29.6 Å². The monoisotopic (exact) mass is 414 g/mol. The molecular formula is C20H22N4O4S. The summed E-state index contributed by atoms with van der Waals surface area (Å²) in [5.74, 6) is 0.474. The minimum Gasteiger partial charge on any atom is -0.484 e. The number of thiophene rings is 1. The van der Waals surface area contributed by atoms with Gasteiger partial charge in [0, 0.05) is 18.3 Å². The van der Waals surface area contributed by atoms with Gasteiger partial charge in [0.1, 0.15) is 10.6 Å². The van der Waals surface area contributed by atoms with E-state index in [0.717, 1.165) is 10.4 Å². The van der Waals surface area contributed by atoms with Gasteiger partial charge in [0.15, 0.2) is 6.61 Å². The number of benzene rings is 1. The molecule has 9 heteroatoms. The summed E-state index contributed by atoms with van der Waals surface area (Å²) >= 11 is 1.45. The summed E-state index contributed by atoms with van der Waals surface area (Å²) in [5.41, 5.74) is 5.80. The Bertz CT molecular complexity index is 1120. The van der Waals surface area contributed by atoms with Crippen molar-refractivity contribution in [1.82, 2.24) is 15.0 Å². The van der Waals surface area contributed by atoms with Gasteiger partial charge in [-0.05, 0) is 31.5 Å². The van der Waals surface area contributed by atoms with E-state index in [4.69, 9.17) is 9.47 Å². The summed E-state index contributed by atoms with van der Waals surface area (Å²) in [4.78, 5) is 31.2. The van der Waals surface area contributed by atoms with E-state index < -0.39 is 0 Å². The molecule has 0 spiro atoms. The van der Waals surface area contributed by atoms with Crippen molar-refractivity contribution in [3.63, 3.8) is 0 Å². The maximum atomic E-state index is 13.0. The van der Waals surface area contributed by atoms with Crippen LogP contribution in [0.15, 0.2) is 35.1 Å². The lowest BCUT2D eigenvalue weighted by molar-refractivity contribution is -0.122. The number of amides is 1. The van der Waals surface area contributed by atoms with Crippen molar-refractivity contribution in [2.75, 3.05) is 12.0 Å². The number of aromatic nitrogens is 2. The molecule has 0 fully saturated rings. The smallest absolute Gasteiger partial charge is 0.276 e. The Morgan fingerprint density at radius 1 is 1.34 bits per heavy atom. The molecule has 4 rings (SSSR count). The zero-order valence-electron chi connectivity index (χ0n) is 16.4. The van der Waals surface area contributed by atoms with Crippen LogP contribution in [0.5, 0.6) is 5.75 Å². The maximum Gasteiger partial charge on any atom is 0.276 e. The third kappa shape index (κ3) is 3.96. The first-order valence-electron chi connectivity index (χ1n) is 9.22. The molecule has 3 heterocycles. The Kier molecular flexibility index (Phi) is 5.01. The predicted molar refractivity (Wildman–Crippen MR) is 111 cm³/mol. The molecule has 0 unspecified atom stereocenters. The van der Waals surface area contributed by atoms with E-state index in [1.807, 2.05) is 32.0 Å². The van der Waals surface area contributed by atoms with Gasteiger partial charge >= 0.3 is 0 Å². The molecule has 1 aliphatic heterocycles. The van der Waals surface area contributed by atoms with Gasteiger partial charge in [-0.1, -0.05) is 18.2 Å². The quantitative estimate of drug-likeness (QED) is 0.623. The molecule has 1 amide bonds. The lowest BCUT2D eigenvalue weighted by Crippen LogP contribution is -2.36. The number of nitrogens with zero attached hydrogens (tertiary/aromatic N) is 2. The number of para-hydroxylation sites is 1. The standard InChI is InChI=1S/C20H22N4O4S/c1-20(2)9-13-14(10-28-20)29-17-16(13)18(26)24(3)19(21-17)23-22-15(25)11-27-12-7-5-4-6-8-12/h4-8H,9-11H2,1-3H3,(H,21,23)(H,22,25). The van der Waals surface area contributed by atoms with Gasteiger partial charge in [-0.15, -0.1) is 11.3 Å². The topological polar surface area (TPSA) is 94.5 Å². The van der Waals surface area contributed by atoms with Crippen LogP contribution in [0.25, 0.3) is 10.2 Å². The fraction of sp³-hybridized carbons (Fsp3) is 0.350. The van der Waals surface area contributed by atoms with Crippen molar-refractivity contribution in [1.29, 1.82) is 0 Å². The zero-order valence-corrected chi connectivity index (χ0v) is 17.3. The molecule has 3 aromatic rings. The third-order valence-electron chi connectivity index (χ3n) is 4.74. The van der Waals surface area contributed by atoms with Crippen molar-refractivity contribution in [2.24, 2.45) is 7.05 Å². The van der Waals surface area contributed by atoms with E-state index in [2.05, 4.69) is 15.8 Å². The number of hydrogen-bond acceptors (Lipinski definition) is 7. The molecule has 0 saturated carbocycles. The van der Waals surface area contributed by atoms with Crippen LogP contribution in [0.1, 0.15) is 24.3 Å². The highest BCUT2D eigenvalue weighted by atomic mass is 32.1. The van der Waals surface area contributed by atoms with E-state index in [9.17, 15) is 9.59 Å². The normalized spacial score (nSPS) is 15.0. The second-order valence-corrected chi connectivity index (χ2v) is 8.57. The number of carbonyl (C=O) groups excluding carboxylic acids is 1. The summed E-state index contributed by atoms with van der Waals surface area (Å²) < 4.78 is 12.7. The van der Waals surface area contributed by atoms with E-state index in [0.29, 0.717) is 29.0 Å². The number of rotatable bonds is 5. The molecule has 152 valence electrons. The fourth-order valence-electron chi connectivity index (χ4n) is 3.21. The minimum absolute atomic E-state index is 0.150. The van der Waals surface area contributed by atoms with Gasteiger partial charge in [0.2, 0.25) is 5.95 Å². The molecule has 0 radical (unpaired) electrons. The van der Waals surface area contributed by atoms with Crippen molar-refractivity contribution >= 4 is 33.4 Å². The first-order chi connectivity index (χ1) is 13.8. The largest absolute Gasteiger partial charge is 0.484 e. The van der Waals surface area contributed by atoms with Crippen molar-refractivity contribution in [2.45, 2.75) is 32.5 Å². The van der Waals surface area contributed by atoms with Crippen LogP contribution in [0, 0.1) is 0 Å². The highest BCUT2D eigenvalue weighted by Gasteiger charge is 2.31. The number of anilines is 1. The minimum atomic E-state index is -0.385. The number of ether oxygens (including phenoxy) is 2. The first kappa shape index (κ1) is 19.4. The van der Waals surface area contributed by atoms with Crippen LogP contribution in [0.3, 0.4) is 0 Å². The average molecular weight is 414 g/mol. The van der Waals surface area contributed by atoms with Gasteiger partial charge < -0.3 is 9.47 Å². The van der Waals surface area contributed by atoms with Gasteiger partial charge in [-0.3, -0.25) is 25.0 Å². The average Bonchev–Trinajstić information content (AvgIpc) is 3.05. The summed E-state index contributed by atoms with van der Waals surface area (Å²) in [6, 6.07) is 9.06. The Labute approximate surface area is 171 Å². The highest BCUT2D eigenvalue weighted by molar-refractivity contribution is 7.18. The summed E-state index contributed by atoms with van der Waals surface area (Å²) in [6.07, 6.45) is 0.666. The Hall–Kier alpha value is -2.91. The third-order valence-corrected chi connectivity index (χ3v) is 5.84. The number of carbonyl (C=O) groups is 1. The molecule has 1 aromatic carbocycles. The number of nitrogens with one attached hydrogen (secondary N) is 2. The second kappa shape index (κ2) is 7.49. The summed E-state index contributed by atoms with van der Waals surface area (Å²) in [5, 5.41) is 0.633. The van der Waals surface area contributed by atoms with Crippen molar-refractivity contribution in [3.8, 4) is 5.75 Å². The number of fused-ring (bicyclic) bond motifs is 3. The fourth-order valence-corrected chi connectivity index (χ4v) is 4.31. The second-order valence-electron chi connectivity index (χ2n) is 7.48.